The van der Waals surface area contributed by atoms with Gasteiger partial charge in [-0.3, -0.25) is 4.79 Å². The van der Waals surface area contributed by atoms with E-state index in [4.69, 9.17) is 10.8 Å². The van der Waals surface area contributed by atoms with Gasteiger partial charge in [0.1, 0.15) is 0 Å². The van der Waals surface area contributed by atoms with Crippen molar-refractivity contribution in [1.29, 1.82) is 0 Å². The number of amides is 1. The van der Waals surface area contributed by atoms with E-state index in [1.165, 1.54) is 0 Å². The van der Waals surface area contributed by atoms with Gasteiger partial charge in [0.15, 0.2) is 0 Å². The molecule has 1 saturated carbocycles. The quantitative estimate of drug-likeness (QED) is 0.604. The highest BCUT2D eigenvalue weighted by molar-refractivity contribution is 5.83. The minimum atomic E-state index is -0.345. The molecule has 16 heavy (non-hydrogen) atoms. The summed E-state index contributed by atoms with van der Waals surface area (Å²) >= 11 is 0. The molecule has 1 aliphatic rings. The Labute approximate surface area is 97.6 Å². The Morgan fingerprint density at radius 3 is 2.62 bits per heavy atom. The van der Waals surface area contributed by atoms with Gasteiger partial charge in [0, 0.05) is 19.7 Å². The maximum absolute atomic E-state index is 12.1. The zero-order valence-electron chi connectivity index (χ0n) is 10.2. The van der Waals surface area contributed by atoms with Crippen molar-refractivity contribution in [2.75, 3.05) is 19.7 Å². The standard InChI is InChI=1S/C12H24N2O2/c1-10-3-5-12(9-13,6-4-10)11(16)14-7-2-8-15/h10,15H,2-9,13H2,1H3,(H,14,16). The SMILES string of the molecule is CC1CCC(CN)(C(=O)NCCCO)CC1. The van der Waals surface area contributed by atoms with E-state index in [-0.39, 0.29) is 17.9 Å². The van der Waals surface area contributed by atoms with Gasteiger partial charge in [0.2, 0.25) is 5.91 Å². The summed E-state index contributed by atoms with van der Waals surface area (Å²) in [6.07, 6.45) is 4.59. The fourth-order valence-electron chi connectivity index (χ4n) is 2.31. The molecule has 1 amide bonds. The molecule has 0 atom stereocenters. The average molecular weight is 228 g/mol. The molecule has 94 valence electrons. The molecule has 0 aromatic carbocycles. The van der Waals surface area contributed by atoms with Crippen molar-refractivity contribution in [3.63, 3.8) is 0 Å². The van der Waals surface area contributed by atoms with Gasteiger partial charge in [-0.15, -0.1) is 0 Å². The summed E-state index contributed by atoms with van der Waals surface area (Å²) in [5.41, 5.74) is 5.43. The van der Waals surface area contributed by atoms with Gasteiger partial charge >= 0.3 is 0 Å². The highest BCUT2D eigenvalue weighted by atomic mass is 16.3. The first-order valence-electron chi connectivity index (χ1n) is 6.24. The van der Waals surface area contributed by atoms with Crippen molar-refractivity contribution in [2.45, 2.75) is 39.0 Å². The lowest BCUT2D eigenvalue weighted by Gasteiger charge is -2.37. The van der Waals surface area contributed by atoms with Crippen LogP contribution in [-0.2, 0) is 4.79 Å². The molecule has 4 nitrogen and oxygen atoms in total. The van der Waals surface area contributed by atoms with E-state index < -0.39 is 0 Å². The molecule has 0 bridgehead atoms. The van der Waals surface area contributed by atoms with E-state index in [0.29, 0.717) is 25.4 Å². The summed E-state index contributed by atoms with van der Waals surface area (Å²) < 4.78 is 0. The van der Waals surface area contributed by atoms with Gasteiger partial charge in [-0.2, -0.15) is 0 Å². The molecular weight excluding hydrogens is 204 g/mol. The van der Waals surface area contributed by atoms with Crippen LogP contribution in [0.4, 0.5) is 0 Å². The number of hydrogen-bond donors (Lipinski definition) is 3. The van der Waals surface area contributed by atoms with E-state index in [9.17, 15) is 4.79 Å². The Morgan fingerprint density at radius 2 is 2.12 bits per heavy atom. The number of carbonyl (C=O) groups is 1. The highest BCUT2D eigenvalue weighted by Crippen LogP contribution is 2.38. The molecule has 0 aliphatic heterocycles. The maximum atomic E-state index is 12.1. The van der Waals surface area contributed by atoms with E-state index in [2.05, 4.69) is 12.2 Å². The van der Waals surface area contributed by atoms with Crippen LogP contribution < -0.4 is 11.1 Å². The van der Waals surface area contributed by atoms with Gasteiger partial charge in [-0.05, 0) is 38.0 Å². The van der Waals surface area contributed by atoms with Crippen LogP contribution in [0.15, 0.2) is 0 Å². The highest BCUT2D eigenvalue weighted by Gasteiger charge is 2.39. The molecule has 0 radical (unpaired) electrons. The zero-order chi connectivity index (χ0) is 12.0. The third-order valence-corrected chi connectivity index (χ3v) is 3.72. The fraction of sp³-hybridized carbons (Fsp3) is 0.917. The van der Waals surface area contributed by atoms with Crippen LogP contribution in [0.5, 0.6) is 0 Å². The Balaban J connectivity index is 2.48. The smallest absolute Gasteiger partial charge is 0.227 e. The Kier molecular flexibility index (Phi) is 5.22. The number of nitrogens with two attached hydrogens (primary N) is 1. The van der Waals surface area contributed by atoms with Crippen molar-refractivity contribution in [3.8, 4) is 0 Å². The second-order valence-electron chi connectivity index (χ2n) is 5.00. The lowest BCUT2D eigenvalue weighted by molar-refractivity contribution is -0.132. The van der Waals surface area contributed by atoms with Crippen molar-refractivity contribution in [3.05, 3.63) is 0 Å². The van der Waals surface area contributed by atoms with Gasteiger partial charge in [-0.25, -0.2) is 0 Å². The summed E-state index contributed by atoms with van der Waals surface area (Å²) in [6.45, 7) is 3.33. The largest absolute Gasteiger partial charge is 0.396 e. The molecule has 0 heterocycles. The summed E-state index contributed by atoms with van der Waals surface area (Å²) in [7, 11) is 0. The third kappa shape index (κ3) is 3.19. The molecule has 4 N–H and O–H groups in total. The monoisotopic (exact) mass is 228 g/mol. The molecule has 4 heteroatoms. The van der Waals surface area contributed by atoms with Gasteiger partial charge in [0.05, 0.1) is 5.41 Å². The van der Waals surface area contributed by atoms with Crippen LogP contribution in [0.2, 0.25) is 0 Å². The maximum Gasteiger partial charge on any atom is 0.227 e. The molecule has 0 spiro atoms. The number of carbonyl (C=O) groups excluding carboxylic acids is 1. The summed E-state index contributed by atoms with van der Waals surface area (Å²) in [6, 6.07) is 0. The van der Waals surface area contributed by atoms with Crippen LogP contribution in [0.1, 0.15) is 39.0 Å². The topological polar surface area (TPSA) is 75.4 Å². The first kappa shape index (κ1) is 13.5. The first-order valence-corrected chi connectivity index (χ1v) is 6.24. The molecule has 1 aliphatic carbocycles. The molecule has 0 aromatic heterocycles. The first-order chi connectivity index (χ1) is 7.64. The van der Waals surface area contributed by atoms with Crippen molar-refractivity contribution in [1.82, 2.24) is 5.32 Å². The second-order valence-corrected chi connectivity index (χ2v) is 5.00. The van der Waals surface area contributed by atoms with E-state index in [0.717, 1.165) is 25.7 Å². The van der Waals surface area contributed by atoms with Gasteiger partial charge in [0.25, 0.3) is 0 Å². The zero-order valence-corrected chi connectivity index (χ0v) is 10.2. The molecule has 0 aromatic rings. The van der Waals surface area contributed by atoms with Crippen LogP contribution >= 0.6 is 0 Å². The summed E-state index contributed by atoms with van der Waals surface area (Å²) in [5.74, 6) is 0.792. The van der Waals surface area contributed by atoms with Crippen LogP contribution in [-0.4, -0.2) is 30.7 Å². The molecule has 0 unspecified atom stereocenters. The predicted octanol–water partition coefficient (Wildman–Crippen LogP) is 0.640. The number of aliphatic hydroxyl groups excluding tert-OH is 1. The normalized spacial score (nSPS) is 30.1. The third-order valence-electron chi connectivity index (χ3n) is 3.72. The lowest BCUT2D eigenvalue weighted by atomic mass is 9.70. The minimum Gasteiger partial charge on any atom is -0.396 e. The van der Waals surface area contributed by atoms with Crippen molar-refractivity contribution < 1.29 is 9.90 Å². The van der Waals surface area contributed by atoms with Crippen LogP contribution in [0, 0.1) is 11.3 Å². The van der Waals surface area contributed by atoms with Crippen LogP contribution in [0.25, 0.3) is 0 Å². The van der Waals surface area contributed by atoms with Crippen LogP contribution in [0.3, 0.4) is 0 Å². The molecular formula is C12H24N2O2. The average Bonchev–Trinajstić information content (AvgIpc) is 2.31. The number of aliphatic hydroxyl groups is 1. The van der Waals surface area contributed by atoms with E-state index >= 15 is 0 Å². The van der Waals surface area contributed by atoms with Gasteiger partial charge < -0.3 is 16.2 Å². The summed E-state index contributed by atoms with van der Waals surface area (Å²) in [4.78, 5) is 12.1. The fourth-order valence-corrected chi connectivity index (χ4v) is 2.31. The summed E-state index contributed by atoms with van der Waals surface area (Å²) in [5, 5.41) is 11.6. The second kappa shape index (κ2) is 6.21. The predicted molar refractivity (Wildman–Crippen MR) is 63.8 cm³/mol. The molecule has 1 rings (SSSR count). The number of nitrogens with one attached hydrogen (secondary N) is 1. The number of hydrogen-bond acceptors (Lipinski definition) is 3. The van der Waals surface area contributed by atoms with Crippen molar-refractivity contribution >= 4 is 5.91 Å². The Bertz CT molecular complexity index is 223. The number of rotatable bonds is 5. The Morgan fingerprint density at radius 1 is 1.50 bits per heavy atom. The van der Waals surface area contributed by atoms with Gasteiger partial charge in [-0.1, -0.05) is 6.92 Å². The van der Waals surface area contributed by atoms with E-state index in [1.54, 1.807) is 0 Å². The van der Waals surface area contributed by atoms with Crippen molar-refractivity contribution in [2.24, 2.45) is 17.1 Å². The molecule has 0 saturated heterocycles. The molecule has 1 fully saturated rings. The lowest BCUT2D eigenvalue weighted by Crippen LogP contribution is -2.48. The Hall–Kier alpha value is -0.610. The minimum absolute atomic E-state index is 0.0790. The van der Waals surface area contributed by atoms with E-state index in [1.807, 2.05) is 0 Å².